The van der Waals surface area contributed by atoms with Crippen LogP contribution < -0.4 is 16.3 Å². The van der Waals surface area contributed by atoms with Crippen LogP contribution in [0.4, 0.5) is 0 Å². The molecule has 2 fully saturated rings. The SMILES string of the molecule is CNC(=O)C(C(=O)O)(C(=O)O)C(=O)CPC.NPN.O=C1OC(=O)C12C(=O)OC2=O. The molecule has 0 aliphatic carbocycles. The number of Topliss-reactive ketones (excluding diaryl/α,β-unsaturated/α-hetero) is 1. The first-order valence-electron chi connectivity index (χ1n) is 7.43. The minimum atomic E-state index is -3.03. The van der Waals surface area contributed by atoms with E-state index in [0.717, 1.165) is 7.05 Å². The van der Waals surface area contributed by atoms with E-state index in [2.05, 4.69) is 20.5 Å². The zero-order valence-electron chi connectivity index (χ0n) is 15.3. The molecule has 17 heteroatoms. The molecule has 1 spiro atoms. The molecular formula is C13H17N3O12P2. The molecule has 0 aromatic rings. The van der Waals surface area contributed by atoms with Crippen molar-refractivity contribution in [1.82, 2.24) is 5.32 Å². The number of nitrogens with one attached hydrogen (secondary N) is 1. The smallest absolute Gasteiger partial charge is 0.357 e. The molecule has 166 valence electrons. The van der Waals surface area contributed by atoms with Crippen LogP contribution in [0.25, 0.3) is 0 Å². The standard InChI is InChI=1S/C8H12NO6P.C5O6.H5N2P/c1-9-5(11)8(6(12)13,7(14)15)4(10)3-16-2;6-1-5(2(7)10-1)3(8)11-4(5)9;1-3-2/h16H,3H2,1-2H3,(H,9,11)(H,12,13)(H,14,15);;3H,1-2H2. The predicted molar refractivity (Wildman–Crippen MR) is 97.2 cm³/mol. The molecule has 1 unspecified atom stereocenters. The Kier molecular flexibility index (Phi) is 9.76. The number of cyclic esters (lactones) is 4. The van der Waals surface area contributed by atoms with Crippen molar-refractivity contribution in [3.8, 4) is 0 Å². The number of aliphatic carboxylic acids is 2. The van der Waals surface area contributed by atoms with E-state index in [4.69, 9.17) is 10.2 Å². The molecule has 15 nitrogen and oxygen atoms in total. The molecule has 30 heavy (non-hydrogen) atoms. The maximum absolute atomic E-state index is 11.5. The minimum absolute atomic E-state index is 0.0350. The first-order valence-corrected chi connectivity index (χ1v) is 10.3. The monoisotopic (exact) mass is 469 g/mol. The molecule has 2 aliphatic rings. The van der Waals surface area contributed by atoms with Gasteiger partial charge in [0.05, 0.1) is 0 Å². The van der Waals surface area contributed by atoms with E-state index >= 15 is 0 Å². The van der Waals surface area contributed by atoms with Crippen LogP contribution in [0, 0.1) is 10.8 Å². The average Bonchev–Trinajstić information content (AvgIpc) is 2.62. The van der Waals surface area contributed by atoms with Gasteiger partial charge >= 0.3 is 41.2 Å². The third-order valence-corrected chi connectivity index (χ3v) is 4.24. The fourth-order valence-corrected chi connectivity index (χ4v) is 2.60. The van der Waals surface area contributed by atoms with E-state index in [-0.39, 0.29) is 23.6 Å². The number of ether oxygens (including phenoxy) is 2. The molecular weight excluding hydrogens is 452 g/mol. The first kappa shape index (κ1) is 27.1. The fraction of sp³-hybridized carbons (Fsp3) is 0.385. The summed E-state index contributed by atoms with van der Waals surface area (Å²) >= 11 is 0. The Balaban J connectivity index is 0.000000515. The van der Waals surface area contributed by atoms with E-state index in [0.29, 0.717) is 0 Å². The first-order chi connectivity index (χ1) is 13.9. The third-order valence-electron chi connectivity index (χ3n) is 3.56. The van der Waals surface area contributed by atoms with Crippen LogP contribution in [0.3, 0.4) is 0 Å². The van der Waals surface area contributed by atoms with Gasteiger partial charge in [-0.2, -0.15) is 0 Å². The number of esters is 4. The van der Waals surface area contributed by atoms with Crippen LogP contribution in [-0.4, -0.2) is 77.6 Å². The summed E-state index contributed by atoms with van der Waals surface area (Å²) < 4.78 is 7.68. The molecule has 0 aromatic carbocycles. The molecule has 2 rings (SSSR count). The van der Waals surface area contributed by atoms with Crippen LogP contribution >= 0.6 is 17.5 Å². The number of hydrogen-bond acceptors (Lipinski definition) is 12. The Morgan fingerprint density at radius 3 is 1.47 bits per heavy atom. The highest BCUT2D eigenvalue weighted by Crippen LogP contribution is 2.40. The van der Waals surface area contributed by atoms with Gasteiger partial charge in [-0.1, -0.05) is 0 Å². The van der Waals surface area contributed by atoms with Gasteiger partial charge in [0.1, 0.15) is 0 Å². The Bertz CT molecular complexity index is 734. The van der Waals surface area contributed by atoms with Crippen molar-refractivity contribution >= 4 is 65.0 Å². The molecule has 0 saturated carbocycles. The van der Waals surface area contributed by atoms with Crippen molar-refractivity contribution < 1.29 is 58.0 Å². The van der Waals surface area contributed by atoms with Crippen molar-refractivity contribution in [1.29, 1.82) is 0 Å². The second-order valence-corrected chi connectivity index (χ2v) is 6.56. The lowest BCUT2D eigenvalue weighted by atomic mass is 9.80. The summed E-state index contributed by atoms with van der Waals surface area (Å²) in [7, 11) is 1.19. The van der Waals surface area contributed by atoms with Crippen LogP contribution in [0.1, 0.15) is 0 Å². The Morgan fingerprint density at radius 1 is 0.967 bits per heavy atom. The quantitative estimate of drug-likeness (QED) is 0.143. The van der Waals surface area contributed by atoms with Gasteiger partial charge in [0.25, 0.3) is 11.3 Å². The Labute approximate surface area is 170 Å². The van der Waals surface area contributed by atoms with Crippen molar-refractivity contribution in [3.05, 3.63) is 0 Å². The van der Waals surface area contributed by atoms with Gasteiger partial charge in [-0.05, 0) is 6.66 Å². The molecule has 0 radical (unpaired) electrons. The van der Waals surface area contributed by atoms with Gasteiger partial charge in [0, 0.05) is 22.1 Å². The van der Waals surface area contributed by atoms with Gasteiger partial charge in [-0.15, -0.1) is 8.58 Å². The topological polar surface area (TPSA) is 260 Å². The highest BCUT2D eigenvalue weighted by Gasteiger charge is 2.80. The highest BCUT2D eigenvalue weighted by atomic mass is 31.1. The van der Waals surface area contributed by atoms with E-state index in [1.807, 2.05) is 5.32 Å². The van der Waals surface area contributed by atoms with Crippen LogP contribution in [0.2, 0.25) is 0 Å². The zero-order chi connectivity index (χ0) is 23.9. The lowest BCUT2D eigenvalue weighted by Crippen LogP contribution is -2.71. The number of carbonyl (C=O) groups excluding carboxylic acids is 6. The van der Waals surface area contributed by atoms with Crippen molar-refractivity contribution in [2.45, 2.75) is 0 Å². The summed E-state index contributed by atoms with van der Waals surface area (Å²) in [5, 5.41) is 19.6. The summed E-state index contributed by atoms with van der Waals surface area (Å²) in [5.41, 5.74) is 4.05. The molecule has 0 bridgehead atoms. The highest BCUT2D eigenvalue weighted by molar-refractivity contribution is 7.38. The number of rotatable bonds is 6. The molecule has 2 aliphatic heterocycles. The largest absolute Gasteiger partial charge is 0.480 e. The summed E-state index contributed by atoms with van der Waals surface area (Å²) in [5.74, 6) is -10.9. The van der Waals surface area contributed by atoms with Gasteiger partial charge in [-0.25, -0.2) is 28.8 Å². The second-order valence-electron chi connectivity index (χ2n) is 5.16. The van der Waals surface area contributed by atoms with Crippen molar-refractivity contribution in [3.63, 3.8) is 0 Å². The Morgan fingerprint density at radius 2 is 1.30 bits per heavy atom. The van der Waals surface area contributed by atoms with Crippen molar-refractivity contribution in [2.75, 3.05) is 19.9 Å². The second kappa shape index (κ2) is 10.8. The lowest BCUT2D eigenvalue weighted by Gasteiger charge is -2.36. The van der Waals surface area contributed by atoms with Crippen LogP contribution in [0.15, 0.2) is 0 Å². The van der Waals surface area contributed by atoms with Gasteiger partial charge < -0.3 is 36.0 Å². The summed E-state index contributed by atoms with van der Waals surface area (Å²) in [6.45, 7) is 1.61. The minimum Gasteiger partial charge on any atom is -0.480 e. The number of carbonyl (C=O) groups is 8. The van der Waals surface area contributed by atoms with Gasteiger partial charge in [-0.3, -0.25) is 9.59 Å². The third kappa shape index (κ3) is 4.33. The fourth-order valence-electron chi connectivity index (χ4n) is 2.01. The maximum Gasteiger partial charge on any atom is 0.357 e. The Hall–Kier alpha value is -2.86. The number of amides is 1. The molecule has 1 amide bonds. The van der Waals surface area contributed by atoms with E-state index in [1.165, 1.54) is 0 Å². The normalized spacial score (nSPS) is 16.0. The zero-order valence-corrected chi connectivity index (χ0v) is 17.3. The number of ketones is 1. The van der Waals surface area contributed by atoms with Crippen molar-refractivity contribution in [2.24, 2.45) is 21.8 Å². The van der Waals surface area contributed by atoms with Crippen LogP contribution in [0.5, 0.6) is 0 Å². The van der Waals surface area contributed by atoms with Gasteiger partial charge in [0.2, 0.25) is 0 Å². The number of hydrogen-bond donors (Lipinski definition) is 5. The molecule has 2 saturated heterocycles. The summed E-state index contributed by atoms with van der Waals surface area (Å²) in [4.78, 5) is 86.7. The molecule has 1 atom stereocenters. The average molecular weight is 469 g/mol. The predicted octanol–water partition coefficient (Wildman–Crippen LogP) is -3.68. The lowest BCUT2D eigenvalue weighted by molar-refractivity contribution is -0.224. The number of nitrogens with two attached hydrogens (primary N) is 2. The number of carboxylic acid groups (broad SMARTS) is 2. The van der Waals surface area contributed by atoms with Gasteiger partial charge in [0.15, 0.2) is 5.78 Å². The van der Waals surface area contributed by atoms with E-state index < -0.39 is 58.3 Å². The molecule has 7 N–H and O–H groups in total. The molecule has 0 aromatic heterocycles. The maximum atomic E-state index is 11.5. The van der Waals surface area contributed by atoms with E-state index in [1.54, 1.807) is 6.66 Å². The summed E-state index contributed by atoms with van der Waals surface area (Å²) in [6.07, 6.45) is -0.258. The van der Waals surface area contributed by atoms with Crippen LogP contribution in [-0.2, 0) is 47.8 Å². The van der Waals surface area contributed by atoms with E-state index in [9.17, 15) is 38.4 Å². The summed E-state index contributed by atoms with van der Waals surface area (Å²) in [6, 6.07) is 0. The number of carboxylic acids is 2. The molecule has 2 heterocycles.